The van der Waals surface area contributed by atoms with Crippen molar-refractivity contribution in [2.24, 2.45) is 0 Å². The van der Waals surface area contributed by atoms with Gasteiger partial charge in [0.25, 0.3) is 5.91 Å². The van der Waals surface area contributed by atoms with Crippen LogP contribution in [0, 0.1) is 0 Å². The monoisotopic (exact) mass is 337 g/mol. The van der Waals surface area contributed by atoms with Crippen molar-refractivity contribution in [3.8, 4) is 0 Å². The van der Waals surface area contributed by atoms with Crippen molar-refractivity contribution in [1.82, 2.24) is 10.6 Å². The van der Waals surface area contributed by atoms with Crippen LogP contribution < -0.4 is 16.0 Å². The molecule has 0 bridgehead atoms. The lowest BCUT2D eigenvalue weighted by molar-refractivity contribution is -0.136. The Balaban J connectivity index is 1.98. The zero-order valence-corrected chi connectivity index (χ0v) is 13.6. The molecule has 3 N–H and O–H groups in total. The molecule has 2 aromatic rings. The number of anilines is 1. The molecule has 0 aliphatic carbocycles. The third-order valence-corrected chi connectivity index (χ3v) is 3.33. The van der Waals surface area contributed by atoms with Gasteiger partial charge in [-0.1, -0.05) is 48.5 Å². The molecule has 128 valence electrons. The Morgan fingerprint density at radius 2 is 1.56 bits per heavy atom. The number of nitrogens with one attached hydrogen (secondary N) is 3. The van der Waals surface area contributed by atoms with E-state index in [1.807, 2.05) is 30.3 Å². The number of carbonyl (C=O) groups is 3. The molecule has 6 heteroatoms. The summed E-state index contributed by atoms with van der Waals surface area (Å²) in [6.07, 6.45) is 1.55. The smallest absolute Gasteiger partial charge is 0.313 e. The third-order valence-electron chi connectivity index (χ3n) is 3.33. The lowest BCUT2D eigenvalue weighted by atomic mass is 10.1. The van der Waals surface area contributed by atoms with Gasteiger partial charge in [-0.15, -0.1) is 6.58 Å². The standard InChI is InChI=1S/C19H19N3O3/c1-2-12-20-17(23)15-10-6-7-11-16(15)22-19(25)18(24)21-13-14-8-4-3-5-9-14/h2-11H,1,12-13H2,(H,20,23)(H,21,24)(H,22,25). The molecule has 3 amide bonds. The summed E-state index contributed by atoms with van der Waals surface area (Å²) >= 11 is 0. The van der Waals surface area contributed by atoms with Gasteiger partial charge in [-0.2, -0.15) is 0 Å². The minimum Gasteiger partial charge on any atom is -0.349 e. The summed E-state index contributed by atoms with van der Waals surface area (Å²) in [5.74, 6) is -1.97. The van der Waals surface area contributed by atoms with Crippen LogP contribution in [0.25, 0.3) is 0 Å². The maximum absolute atomic E-state index is 12.1. The predicted molar refractivity (Wildman–Crippen MR) is 95.9 cm³/mol. The van der Waals surface area contributed by atoms with Gasteiger partial charge in [-0.25, -0.2) is 0 Å². The van der Waals surface area contributed by atoms with Gasteiger partial charge in [0, 0.05) is 13.1 Å². The maximum atomic E-state index is 12.1. The van der Waals surface area contributed by atoms with E-state index in [4.69, 9.17) is 0 Å². The molecule has 0 aliphatic rings. The van der Waals surface area contributed by atoms with Crippen LogP contribution in [0.2, 0.25) is 0 Å². The molecule has 0 saturated heterocycles. The second-order valence-electron chi connectivity index (χ2n) is 5.17. The van der Waals surface area contributed by atoms with Gasteiger partial charge in [0.1, 0.15) is 0 Å². The topological polar surface area (TPSA) is 87.3 Å². The van der Waals surface area contributed by atoms with E-state index in [1.54, 1.807) is 30.3 Å². The minimum absolute atomic E-state index is 0.245. The average molecular weight is 337 g/mol. The second-order valence-corrected chi connectivity index (χ2v) is 5.17. The molecule has 0 fully saturated rings. The Morgan fingerprint density at radius 3 is 2.28 bits per heavy atom. The summed E-state index contributed by atoms with van der Waals surface area (Å²) in [5, 5.41) is 7.63. The summed E-state index contributed by atoms with van der Waals surface area (Å²) in [6.45, 7) is 4.08. The summed E-state index contributed by atoms with van der Waals surface area (Å²) in [6, 6.07) is 15.7. The van der Waals surface area contributed by atoms with E-state index in [-0.39, 0.29) is 23.7 Å². The van der Waals surface area contributed by atoms with E-state index in [0.717, 1.165) is 5.56 Å². The van der Waals surface area contributed by atoms with Crippen LogP contribution in [0.4, 0.5) is 5.69 Å². The van der Waals surface area contributed by atoms with Crippen molar-refractivity contribution in [3.63, 3.8) is 0 Å². The van der Waals surface area contributed by atoms with Gasteiger partial charge >= 0.3 is 11.8 Å². The average Bonchev–Trinajstić information content (AvgIpc) is 2.65. The van der Waals surface area contributed by atoms with Gasteiger partial charge in [-0.3, -0.25) is 14.4 Å². The zero-order valence-electron chi connectivity index (χ0n) is 13.6. The Kier molecular flexibility index (Phi) is 6.47. The SMILES string of the molecule is C=CCNC(=O)c1ccccc1NC(=O)C(=O)NCc1ccccc1. The van der Waals surface area contributed by atoms with Crippen LogP contribution in [0.1, 0.15) is 15.9 Å². The molecule has 0 saturated carbocycles. The molecular weight excluding hydrogens is 318 g/mol. The lowest BCUT2D eigenvalue weighted by Gasteiger charge is -2.11. The number of para-hydroxylation sites is 1. The summed E-state index contributed by atoms with van der Waals surface area (Å²) in [4.78, 5) is 36.1. The molecule has 0 heterocycles. The Bertz CT molecular complexity index is 772. The lowest BCUT2D eigenvalue weighted by Crippen LogP contribution is -2.35. The fourth-order valence-corrected chi connectivity index (χ4v) is 2.09. The van der Waals surface area contributed by atoms with Crippen molar-refractivity contribution in [1.29, 1.82) is 0 Å². The van der Waals surface area contributed by atoms with Gasteiger partial charge < -0.3 is 16.0 Å². The van der Waals surface area contributed by atoms with E-state index < -0.39 is 11.8 Å². The molecule has 0 spiro atoms. The highest BCUT2D eigenvalue weighted by Gasteiger charge is 2.17. The molecule has 25 heavy (non-hydrogen) atoms. The first kappa shape index (κ1) is 17.9. The van der Waals surface area contributed by atoms with Crippen LogP contribution in [0.15, 0.2) is 67.3 Å². The first-order valence-corrected chi connectivity index (χ1v) is 7.73. The zero-order chi connectivity index (χ0) is 18.1. The van der Waals surface area contributed by atoms with E-state index in [0.29, 0.717) is 6.54 Å². The first-order valence-electron chi connectivity index (χ1n) is 7.73. The Labute approximate surface area is 145 Å². The van der Waals surface area contributed by atoms with Crippen LogP contribution in [-0.2, 0) is 16.1 Å². The highest BCUT2D eigenvalue weighted by molar-refractivity contribution is 6.40. The molecule has 0 atom stereocenters. The van der Waals surface area contributed by atoms with Crippen LogP contribution >= 0.6 is 0 Å². The molecule has 2 aromatic carbocycles. The highest BCUT2D eigenvalue weighted by Crippen LogP contribution is 2.14. The van der Waals surface area contributed by atoms with E-state index in [1.165, 1.54) is 0 Å². The Morgan fingerprint density at radius 1 is 0.880 bits per heavy atom. The van der Waals surface area contributed by atoms with Gasteiger partial charge in [0.15, 0.2) is 0 Å². The van der Waals surface area contributed by atoms with Crippen LogP contribution in [0.3, 0.4) is 0 Å². The van der Waals surface area contributed by atoms with E-state index in [2.05, 4.69) is 22.5 Å². The first-order chi connectivity index (χ1) is 12.1. The molecular formula is C19H19N3O3. The van der Waals surface area contributed by atoms with Crippen molar-refractivity contribution in [2.45, 2.75) is 6.54 Å². The molecule has 2 rings (SSSR count). The highest BCUT2D eigenvalue weighted by atomic mass is 16.2. The second kappa shape index (κ2) is 9.02. The minimum atomic E-state index is -0.833. The summed E-state index contributed by atoms with van der Waals surface area (Å²) in [7, 11) is 0. The van der Waals surface area contributed by atoms with Crippen molar-refractivity contribution >= 4 is 23.4 Å². The Hall–Kier alpha value is -3.41. The van der Waals surface area contributed by atoms with Gasteiger partial charge in [-0.05, 0) is 17.7 Å². The summed E-state index contributed by atoms with van der Waals surface area (Å²) < 4.78 is 0. The fourth-order valence-electron chi connectivity index (χ4n) is 2.09. The molecule has 0 aromatic heterocycles. The molecule has 0 radical (unpaired) electrons. The van der Waals surface area contributed by atoms with Gasteiger partial charge in [0.05, 0.1) is 11.3 Å². The quantitative estimate of drug-likeness (QED) is 0.555. The van der Waals surface area contributed by atoms with E-state index >= 15 is 0 Å². The maximum Gasteiger partial charge on any atom is 0.313 e. The predicted octanol–water partition coefficient (Wildman–Crippen LogP) is 1.86. The number of hydrogen-bond donors (Lipinski definition) is 3. The number of benzene rings is 2. The number of carbonyl (C=O) groups excluding carboxylic acids is 3. The van der Waals surface area contributed by atoms with Crippen molar-refractivity contribution < 1.29 is 14.4 Å². The third kappa shape index (κ3) is 5.31. The normalized spacial score (nSPS) is 9.76. The van der Waals surface area contributed by atoms with Crippen LogP contribution in [0.5, 0.6) is 0 Å². The number of hydrogen-bond acceptors (Lipinski definition) is 3. The fraction of sp³-hybridized carbons (Fsp3) is 0.105. The van der Waals surface area contributed by atoms with Gasteiger partial charge in [0.2, 0.25) is 0 Å². The summed E-state index contributed by atoms with van der Waals surface area (Å²) in [5.41, 5.74) is 1.42. The van der Waals surface area contributed by atoms with E-state index in [9.17, 15) is 14.4 Å². The number of rotatable bonds is 6. The largest absolute Gasteiger partial charge is 0.349 e. The van der Waals surface area contributed by atoms with Crippen molar-refractivity contribution in [3.05, 3.63) is 78.4 Å². The van der Waals surface area contributed by atoms with Crippen molar-refractivity contribution in [2.75, 3.05) is 11.9 Å². The van der Waals surface area contributed by atoms with Crippen LogP contribution in [-0.4, -0.2) is 24.3 Å². The molecule has 6 nitrogen and oxygen atoms in total. The molecule has 0 aliphatic heterocycles. The molecule has 0 unspecified atom stereocenters. The number of amides is 3.